The molecule has 92 valence electrons. The highest BCUT2D eigenvalue weighted by Gasteiger charge is 2.13. The van der Waals surface area contributed by atoms with E-state index < -0.39 is 11.7 Å². The van der Waals surface area contributed by atoms with Crippen LogP contribution in [0.25, 0.3) is 0 Å². The van der Waals surface area contributed by atoms with Crippen molar-refractivity contribution in [3.05, 3.63) is 58.6 Å². The first-order valence-corrected chi connectivity index (χ1v) is 5.63. The molecule has 0 aliphatic rings. The normalized spacial score (nSPS) is 10.2. The van der Waals surface area contributed by atoms with Gasteiger partial charge in [0.05, 0.1) is 16.3 Å². The number of para-hydroxylation sites is 1. The summed E-state index contributed by atoms with van der Waals surface area (Å²) in [6.07, 6.45) is 2.82. The van der Waals surface area contributed by atoms with Crippen LogP contribution in [-0.2, 0) is 0 Å². The molecule has 1 heterocycles. The van der Waals surface area contributed by atoms with E-state index in [1.807, 2.05) is 0 Å². The standard InChI is InChI=1S/C13H10ClFN2O/c1-8-3-2-4-11(15)12(8)17-13(18)9-5-6-16-7-10(9)14/h2-7H,1H3,(H,17,18). The largest absolute Gasteiger partial charge is 0.319 e. The Labute approximate surface area is 109 Å². The van der Waals surface area contributed by atoms with Crippen molar-refractivity contribution in [1.29, 1.82) is 0 Å². The summed E-state index contributed by atoms with van der Waals surface area (Å²) in [5, 5.41) is 2.74. The van der Waals surface area contributed by atoms with Crippen LogP contribution in [-0.4, -0.2) is 10.9 Å². The molecular weight excluding hydrogens is 255 g/mol. The van der Waals surface area contributed by atoms with Gasteiger partial charge >= 0.3 is 0 Å². The molecule has 3 nitrogen and oxygen atoms in total. The molecule has 0 spiro atoms. The molecule has 1 aromatic heterocycles. The summed E-state index contributed by atoms with van der Waals surface area (Å²) in [6.45, 7) is 1.72. The lowest BCUT2D eigenvalue weighted by atomic mass is 10.1. The van der Waals surface area contributed by atoms with Gasteiger partial charge in [-0.2, -0.15) is 0 Å². The van der Waals surface area contributed by atoms with Gasteiger partial charge in [0.2, 0.25) is 0 Å². The van der Waals surface area contributed by atoms with Crippen LogP contribution in [0.3, 0.4) is 0 Å². The van der Waals surface area contributed by atoms with Gasteiger partial charge in [0.1, 0.15) is 5.82 Å². The third-order valence-electron chi connectivity index (χ3n) is 2.48. The van der Waals surface area contributed by atoms with Gasteiger partial charge in [0.15, 0.2) is 0 Å². The number of hydrogen-bond donors (Lipinski definition) is 1. The fraction of sp³-hybridized carbons (Fsp3) is 0.0769. The van der Waals surface area contributed by atoms with Crippen molar-refractivity contribution in [2.75, 3.05) is 5.32 Å². The Morgan fingerprint density at radius 3 is 2.83 bits per heavy atom. The number of carbonyl (C=O) groups is 1. The quantitative estimate of drug-likeness (QED) is 0.903. The van der Waals surface area contributed by atoms with Gasteiger partial charge in [-0.05, 0) is 24.6 Å². The number of rotatable bonds is 2. The van der Waals surface area contributed by atoms with Crippen LogP contribution in [0.4, 0.5) is 10.1 Å². The van der Waals surface area contributed by atoms with Crippen LogP contribution in [0.5, 0.6) is 0 Å². The van der Waals surface area contributed by atoms with Crippen LogP contribution in [0.15, 0.2) is 36.7 Å². The Morgan fingerprint density at radius 2 is 2.17 bits per heavy atom. The van der Waals surface area contributed by atoms with Gasteiger partial charge in [-0.1, -0.05) is 23.7 Å². The zero-order valence-electron chi connectivity index (χ0n) is 9.58. The molecule has 0 unspecified atom stereocenters. The Bertz CT molecular complexity index is 581. The van der Waals surface area contributed by atoms with Crippen molar-refractivity contribution in [3.63, 3.8) is 0 Å². The van der Waals surface area contributed by atoms with Crippen LogP contribution in [0, 0.1) is 12.7 Å². The molecule has 0 aliphatic heterocycles. The topological polar surface area (TPSA) is 42.0 Å². The Kier molecular flexibility index (Phi) is 3.58. The molecule has 1 aromatic carbocycles. The highest BCUT2D eigenvalue weighted by atomic mass is 35.5. The van der Waals surface area contributed by atoms with Crippen molar-refractivity contribution in [1.82, 2.24) is 4.98 Å². The number of aromatic nitrogens is 1. The lowest BCUT2D eigenvalue weighted by Crippen LogP contribution is -2.14. The van der Waals surface area contributed by atoms with Crippen LogP contribution in [0.2, 0.25) is 5.02 Å². The number of anilines is 1. The van der Waals surface area contributed by atoms with Crippen molar-refractivity contribution in [2.24, 2.45) is 0 Å². The number of nitrogens with one attached hydrogen (secondary N) is 1. The first-order chi connectivity index (χ1) is 8.59. The minimum Gasteiger partial charge on any atom is -0.319 e. The predicted octanol–water partition coefficient (Wildman–Crippen LogP) is 3.43. The highest BCUT2D eigenvalue weighted by Crippen LogP contribution is 2.21. The molecule has 0 saturated heterocycles. The summed E-state index contributed by atoms with van der Waals surface area (Å²) in [5.41, 5.74) is 1.07. The maximum atomic E-state index is 13.6. The molecule has 1 amide bonds. The number of halogens is 2. The van der Waals surface area contributed by atoms with Gasteiger partial charge in [-0.3, -0.25) is 9.78 Å². The van der Waals surface area contributed by atoms with E-state index in [0.717, 1.165) is 0 Å². The first kappa shape index (κ1) is 12.5. The smallest absolute Gasteiger partial charge is 0.257 e. The minimum atomic E-state index is -0.478. The maximum absolute atomic E-state index is 13.6. The van der Waals surface area contributed by atoms with Gasteiger partial charge in [-0.25, -0.2) is 4.39 Å². The fourth-order valence-corrected chi connectivity index (χ4v) is 1.74. The number of benzene rings is 1. The van der Waals surface area contributed by atoms with E-state index in [0.29, 0.717) is 5.56 Å². The molecule has 2 aromatic rings. The summed E-state index contributed by atoms with van der Waals surface area (Å²) in [7, 11) is 0. The second-order valence-electron chi connectivity index (χ2n) is 3.74. The zero-order valence-corrected chi connectivity index (χ0v) is 10.3. The maximum Gasteiger partial charge on any atom is 0.257 e. The third-order valence-corrected chi connectivity index (χ3v) is 2.78. The highest BCUT2D eigenvalue weighted by molar-refractivity contribution is 6.34. The summed E-state index contributed by atoms with van der Waals surface area (Å²) in [5.74, 6) is -0.941. The summed E-state index contributed by atoms with van der Waals surface area (Å²) in [6, 6.07) is 6.07. The van der Waals surface area contributed by atoms with Crippen LogP contribution in [0.1, 0.15) is 15.9 Å². The molecule has 0 radical (unpaired) electrons. The van der Waals surface area contributed by atoms with Crippen molar-refractivity contribution < 1.29 is 9.18 Å². The van der Waals surface area contributed by atoms with Gasteiger partial charge < -0.3 is 5.32 Å². The van der Waals surface area contributed by atoms with E-state index in [1.54, 1.807) is 19.1 Å². The number of aryl methyl sites for hydroxylation is 1. The van der Waals surface area contributed by atoms with Crippen molar-refractivity contribution >= 4 is 23.2 Å². The predicted molar refractivity (Wildman–Crippen MR) is 68.3 cm³/mol. The van der Waals surface area contributed by atoms with Crippen molar-refractivity contribution in [3.8, 4) is 0 Å². The number of nitrogens with zero attached hydrogens (tertiary/aromatic N) is 1. The molecule has 0 saturated carbocycles. The average molecular weight is 265 g/mol. The third kappa shape index (κ3) is 2.49. The molecule has 18 heavy (non-hydrogen) atoms. The molecule has 0 atom stereocenters. The number of hydrogen-bond acceptors (Lipinski definition) is 2. The summed E-state index contributed by atoms with van der Waals surface area (Å²) in [4.78, 5) is 15.7. The number of pyridine rings is 1. The van der Waals surface area contributed by atoms with E-state index >= 15 is 0 Å². The monoisotopic (exact) mass is 264 g/mol. The molecule has 0 aliphatic carbocycles. The second kappa shape index (κ2) is 5.14. The van der Waals surface area contributed by atoms with Gasteiger partial charge in [0, 0.05) is 12.4 Å². The summed E-state index contributed by atoms with van der Waals surface area (Å²) < 4.78 is 13.6. The second-order valence-corrected chi connectivity index (χ2v) is 4.15. The molecule has 0 fully saturated rings. The Hall–Kier alpha value is -1.94. The van der Waals surface area contributed by atoms with E-state index in [1.165, 1.54) is 24.5 Å². The molecule has 1 N–H and O–H groups in total. The molecule has 0 bridgehead atoms. The van der Waals surface area contributed by atoms with Crippen LogP contribution < -0.4 is 5.32 Å². The number of carbonyl (C=O) groups excluding carboxylic acids is 1. The Morgan fingerprint density at radius 1 is 1.39 bits per heavy atom. The SMILES string of the molecule is Cc1cccc(F)c1NC(=O)c1ccncc1Cl. The molecular formula is C13H10ClFN2O. The lowest BCUT2D eigenvalue weighted by Gasteiger charge is -2.09. The molecule has 5 heteroatoms. The van der Waals surface area contributed by atoms with E-state index in [2.05, 4.69) is 10.3 Å². The van der Waals surface area contributed by atoms with Crippen molar-refractivity contribution in [2.45, 2.75) is 6.92 Å². The first-order valence-electron chi connectivity index (χ1n) is 5.25. The number of amides is 1. The van der Waals surface area contributed by atoms with E-state index in [4.69, 9.17) is 11.6 Å². The Balaban J connectivity index is 2.30. The lowest BCUT2D eigenvalue weighted by molar-refractivity contribution is 0.102. The molecule has 2 rings (SSSR count). The zero-order chi connectivity index (χ0) is 13.1. The fourth-order valence-electron chi connectivity index (χ4n) is 1.53. The van der Waals surface area contributed by atoms with Gasteiger partial charge in [-0.15, -0.1) is 0 Å². The van der Waals surface area contributed by atoms with E-state index in [-0.39, 0.29) is 16.3 Å². The van der Waals surface area contributed by atoms with Crippen LogP contribution >= 0.6 is 11.6 Å². The van der Waals surface area contributed by atoms with E-state index in [9.17, 15) is 9.18 Å². The van der Waals surface area contributed by atoms with Gasteiger partial charge in [0.25, 0.3) is 5.91 Å². The minimum absolute atomic E-state index is 0.162. The average Bonchev–Trinajstić information content (AvgIpc) is 2.34. The summed E-state index contributed by atoms with van der Waals surface area (Å²) >= 11 is 5.85.